The fourth-order valence-corrected chi connectivity index (χ4v) is 3.14. The quantitative estimate of drug-likeness (QED) is 0.619. The molecule has 0 aliphatic rings. The Morgan fingerprint density at radius 1 is 1.00 bits per heavy atom. The number of hydrogen-bond acceptors (Lipinski definition) is 2. The molecule has 0 aliphatic carbocycles. The molecule has 0 bridgehead atoms. The molecule has 0 aromatic heterocycles. The van der Waals surface area contributed by atoms with Gasteiger partial charge >= 0.3 is 0 Å². The number of anilines is 1. The van der Waals surface area contributed by atoms with Gasteiger partial charge in [0.1, 0.15) is 5.75 Å². The maximum Gasteiger partial charge on any atom is 0.265 e. The third-order valence-electron chi connectivity index (χ3n) is 4.19. The smallest absolute Gasteiger partial charge is 0.265 e. The van der Waals surface area contributed by atoms with E-state index in [9.17, 15) is 4.79 Å². The van der Waals surface area contributed by atoms with Crippen molar-refractivity contribution in [2.75, 3.05) is 5.32 Å². The predicted molar refractivity (Wildman–Crippen MR) is 106 cm³/mol. The van der Waals surface area contributed by atoms with Crippen molar-refractivity contribution in [3.63, 3.8) is 0 Å². The second kappa shape index (κ2) is 7.28. The molecule has 1 N–H and O–H groups in total. The summed E-state index contributed by atoms with van der Waals surface area (Å²) in [6.45, 7) is 5.72. The van der Waals surface area contributed by atoms with E-state index < -0.39 is 6.10 Å². The lowest BCUT2D eigenvalue weighted by molar-refractivity contribution is -0.122. The standard InChI is InChI=1S/C21H20BrNO2/c1-13-5-4-6-14(2)20(13)23-21(24)15(3)25-19-10-8-16-11-18(22)9-7-17(16)12-19/h4-12,15H,1-3H3,(H,23,24). The molecule has 0 aliphatic heterocycles. The zero-order valence-electron chi connectivity index (χ0n) is 14.5. The molecule has 1 unspecified atom stereocenters. The van der Waals surface area contributed by atoms with Crippen LogP contribution in [-0.2, 0) is 4.79 Å². The van der Waals surface area contributed by atoms with Crippen LogP contribution in [0.5, 0.6) is 5.75 Å². The molecule has 3 aromatic carbocycles. The summed E-state index contributed by atoms with van der Waals surface area (Å²) in [6.07, 6.45) is -0.591. The van der Waals surface area contributed by atoms with Crippen LogP contribution in [0.4, 0.5) is 5.69 Å². The summed E-state index contributed by atoms with van der Waals surface area (Å²) in [4.78, 5) is 12.5. The fourth-order valence-electron chi connectivity index (χ4n) is 2.76. The molecular formula is C21H20BrNO2. The molecule has 3 rings (SSSR count). The molecule has 0 fully saturated rings. The summed E-state index contributed by atoms with van der Waals surface area (Å²) < 4.78 is 6.88. The molecule has 25 heavy (non-hydrogen) atoms. The van der Waals surface area contributed by atoms with Crippen LogP contribution in [0.25, 0.3) is 10.8 Å². The first-order valence-corrected chi connectivity index (χ1v) is 8.96. The second-order valence-electron chi connectivity index (χ2n) is 6.17. The van der Waals surface area contributed by atoms with Crippen LogP contribution in [-0.4, -0.2) is 12.0 Å². The van der Waals surface area contributed by atoms with Gasteiger partial charge in [0.25, 0.3) is 5.91 Å². The number of halogens is 1. The number of hydrogen-bond donors (Lipinski definition) is 1. The first-order valence-electron chi connectivity index (χ1n) is 8.17. The summed E-state index contributed by atoms with van der Waals surface area (Å²) >= 11 is 3.47. The number of ether oxygens (including phenoxy) is 1. The van der Waals surface area contributed by atoms with Crippen molar-refractivity contribution in [1.82, 2.24) is 0 Å². The molecule has 3 nitrogen and oxygen atoms in total. The Morgan fingerprint density at radius 3 is 2.36 bits per heavy atom. The molecule has 1 amide bonds. The molecule has 0 saturated carbocycles. The van der Waals surface area contributed by atoms with Crippen LogP contribution >= 0.6 is 15.9 Å². The third kappa shape index (κ3) is 4.02. The number of carbonyl (C=O) groups excluding carboxylic acids is 1. The van der Waals surface area contributed by atoms with Gasteiger partial charge in [-0.05, 0) is 66.9 Å². The lowest BCUT2D eigenvalue weighted by Crippen LogP contribution is -2.30. The van der Waals surface area contributed by atoms with Gasteiger partial charge in [0.2, 0.25) is 0 Å². The number of fused-ring (bicyclic) bond motifs is 1. The van der Waals surface area contributed by atoms with Crippen LogP contribution in [0.3, 0.4) is 0 Å². The molecule has 0 radical (unpaired) electrons. The first kappa shape index (κ1) is 17.5. The van der Waals surface area contributed by atoms with E-state index in [-0.39, 0.29) is 5.91 Å². The van der Waals surface area contributed by atoms with E-state index in [4.69, 9.17) is 4.74 Å². The minimum atomic E-state index is -0.591. The van der Waals surface area contributed by atoms with E-state index in [1.54, 1.807) is 6.92 Å². The summed E-state index contributed by atoms with van der Waals surface area (Å²) in [5.74, 6) is 0.521. The molecular weight excluding hydrogens is 378 g/mol. The number of rotatable bonds is 4. The highest BCUT2D eigenvalue weighted by Gasteiger charge is 2.16. The minimum Gasteiger partial charge on any atom is -0.481 e. The van der Waals surface area contributed by atoms with E-state index in [2.05, 4.69) is 27.3 Å². The van der Waals surface area contributed by atoms with E-state index >= 15 is 0 Å². The summed E-state index contributed by atoms with van der Waals surface area (Å²) in [7, 11) is 0. The van der Waals surface area contributed by atoms with E-state index in [1.165, 1.54) is 0 Å². The maximum absolute atomic E-state index is 12.5. The van der Waals surface area contributed by atoms with Crippen LogP contribution in [0, 0.1) is 13.8 Å². The predicted octanol–water partition coefficient (Wildman–Crippen LogP) is 5.63. The number of carbonyl (C=O) groups is 1. The fraction of sp³-hybridized carbons (Fsp3) is 0.190. The van der Waals surface area contributed by atoms with Gasteiger partial charge in [-0.25, -0.2) is 0 Å². The van der Waals surface area contributed by atoms with Gasteiger partial charge in [-0.3, -0.25) is 4.79 Å². The Bertz CT molecular complexity index is 916. The maximum atomic E-state index is 12.5. The number of para-hydroxylation sites is 1. The van der Waals surface area contributed by atoms with E-state index in [0.29, 0.717) is 5.75 Å². The molecule has 0 saturated heterocycles. The molecule has 0 spiro atoms. The summed E-state index contributed by atoms with van der Waals surface area (Å²) in [5, 5.41) is 5.17. The SMILES string of the molecule is Cc1cccc(C)c1NC(=O)C(C)Oc1ccc2cc(Br)ccc2c1. The topological polar surface area (TPSA) is 38.3 Å². The Kier molecular flexibility index (Phi) is 5.09. The van der Waals surface area contributed by atoms with Crippen LogP contribution in [0.15, 0.2) is 59.1 Å². The van der Waals surface area contributed by atoms with Crippen LogP contribution in [0.2, 0.25) is 0 Å². The Labute approximate surface area is 156 Å². The minimum absolute atomic E-state index is 0.159. The summed E-state index contributed by atoms with van der Waals surface area (Å²) in [5.41, 5.74) is 2.93. The van der Waals surface area contributed by atoms with E-state index in [0.717, 1.165) is 32.1 Å². The van der Waals surface area contributed by atoms with Crippen molar-refractivity contribution in [2.45, 2.75) is 26.9 Å². The number of amides is 1. The molecule has 3 aromatic rings. The number of nitrogens with one attached hydrogen (secondary N) is 1. The summed E-state index contributed by atoms with van der Waals surface area (Å²) in [6, 6.07) is 17.8. The Hall–Kier alpha value is -2.33. The van der Waals surface area contributed by atoms with Gasteiger partial charge in [-0.1, -0.05) is 46.3 Å². The third-order valence-corrected chi connectivity index (χ3v) is 4.68. The van der Waals surface area contributed by atoms with Gasteiger partial charge in [0.05, 0.1) is 0 Å². The number of benzene rings is 3. The highest BCUT2D eigenvalue weighted by Crippen LogP contribution is 2.25. The monoisotopic (exact) mass is 397 g/mol. The molecule has 1 atom stereocenters. The van der Waals surface area contributed by atoms with Crippen LogP contribution < -0.4 is 10.1 Å². The lowest BCUT2D eigenvalue weighted by Gasteiger charge is -2.17. The largest absolute Gasteiger partial charge is 0.481 e. The van der Waals surface area contributed by atoms with Crippen molar-refractivity contribution in [3.05, 3.63) is 70.2 Å². The highest BCUT2D eigenvalue weighted by molar-refractivity contribution is 9.10. The average Bonchev–Trinajstić information content (AvgIpc) is 2.58. The zero-order valence-corrected chi connectivity index (χ0v) is 16.1. The van der Waals surface area contributed by atoms with Crippen molar-refractivity contribution in [3.8, 4) is 5.75 Å². The zero-order chi connectivity index (χ0) is 18.0. The number of aryl methyl sites for hydroxylation is 2. The molecule has 4 heteroatoms. The lowest BCUT2D eigenvalue weighted by atomic mass is 10.1. The van der Waals surface area contributed by atoms with Crippen molar-refractivity contribution in [2.24, 2.45) is 0 Å². The Morgan fingerprint density at radius 2 is 1.64 bits per heavy atom. The van der Waals surface area contributed by atoms with Gasteiger partial charge in [-0.15, -0.1) is 0 Å². The second-order valence-corrected chi connectivity index (χ2v) is 7.09. The highest BCUT2D eigenvalue weighted by atomic mass is 79.9. The van der Waals surface area contributed by atoms with Crippen LogP contribution in [0.1, 0.15) is 18.1 Å². The first-order chi connectivity index (χ1) is 11.9. The Balaban J connectivity index is 1.74. The molecule has 0 heterocycles. The normalized spacial score (nSPS) is 12.0. The van der Waals surface area contributed by atoms with Gasteiger partial charge < -0.3 is 10.1 Å². The van der Waals surface area contributed by atoms with Crippen molar-refractivity contribution < 1.29 is 9.53 Å². The van der Waals surface area contributed by atoms with Crippen molar-refractivity contribution in [1.29, 1.82) is 0 Å². The van der Waals surface area contributed by atoms with Crippen molar-refractivity contribution >= 4 is 38.3 Å². The van der Waals surface area contributed by atoms with Gasteiger partial charge in [0.15, 0.2) is 6.10 Å². The van der Waals surface area contributed by atoms with Gasteiger partial charge in [-0.2, -0.15) is 0 Å². The van der Waals surface area contributed by atoms with Gasteiger partial charge in [0, 0.05) is 10.2 Å². The molecule has 128 valence electrons. The average molecular weight is 398 g/mol. The van der Waals surface area contributed by atoms with E-state index in [1.807, 2.05) is 62.4 Å².